The van der Waals surface area contributed by atoms with Gasteiger partial charge in [-0.1, -0.05) is 0 Å². The minimum absolute atomic E-state index is 0.269. The van der Waals surface area contributed by atoms with Crippen molar-refractivity contribution in [1.82, 2.24) is 10.2 Å². The Bertz CT molecular complexity index is 344. The number of nitrogens with zero attached hydrogens (tertiary/aromatic N) is 1. The number of esters is 1. The second-order valence-corrected chi connectivity index (χ2v) is 6.98. The maximum Gasteiger partial charge on any atom is 0.341 e. The molecule has 0 aromatic heterocycles. The van der Waals surface area contributed by atoms with E-state index in [1.807, 2.05) is 25.7 Å². The molecule has 21 heavy (non-hydrogen) atoms. The quantitative estimate of drug-likeness (QED) is 0.593. The van der Waals surface area contributed by atoms with E-state index in [9.17, 15) is 4.79 Å². The second-order valence-electron chi connectivity index (χ2n) is 6.23. The van der Waals surface area contributed by atoms with Gasteiger partial charge in [-0.05, 0) is 27.7 Å². The minimum Gasteiger partial charge on any atom is -0.463 e. The first-order chi connectivity index (χ1) is 9.73. The molecule has 1 aliphatic heterocycles. The highest BCUT2D eigenvalue weighted by Crippen LogP contribution is 2.22. The Morgan fingerprint density at radius 2 is 1.95 bits per heavy atom. The summed E-state index contributed by atoms with van der Waals surface area (Å²) in [6, 6.07) is 0. The van der Waals surface area contributed by atoms with Crippen LogP contribution in [0.1, 0.15) is 34.1 Å². The normalized spacial score (nSPS) is 27.6. The van der Waals surface area contributed by atoms with E-state index in [4.69, 9.17) is 32.7 Å². The standard InChI is InChI=1S/C14H26Cl2N2O3/c1-13(2,3)21-11-5-10-20-12(19)14(4,17-11)18(8-6-15)9-7-16/h11,17H,5-10H2,1-4H3. The number of carbonyl (C=O) groups excluding carboxylic acids is 1. The molecule has 0 bridgehead atoms. The van der Waals surface area contributed by atoms with Gasteiger partial charge in [0.1, 0.15) is 6.23 Å². The molecule has 0 saturated carbocycles. The van der Waals surface area contributed by atoms with Gasteiger partial charge in [0.2, 0.25) is 0 Å². The molecule has 1 N–H and O–H groups in total. The Morgan fingerprint density at radius 1 is 1.38 bits per heavy atom. The Balaban J connectivity index is 2.94. The zero-order valence-electron chi connectivity index (χ0n) is 13.2. The van der Waals surface area contributed by atoms with E-state index in [2.05, 4.69) is 5.32 Å². The molecule has 1 fully saturated rings. The molecule has 1 saturated heterocycles. The first kappa shape index (κ1) is 19.0. The van der Waals surface area contributed by atoms with Crippen LogP contribution in [0.2, 0.25) is 0 Å². The summed E-state index contributed by atoms with van der Waals surface area (Å²) in [7, 11) is 0. The van der Waals surface area contributed by atoms with E-state index in [0.29, 0.717) is 37.9 Å². The second kappa shape index (κ2) is 7.97. The van der Waals surface area contributed by atoms with E-state index < -0.39 is 5.66 Å². The average Bonchev–Trinajstić information content (AvgIpc) is 2.48. The van der Waals surface area contributed by atoms with Crippen LogP contribution in [-0.2, 0) is 14.3 Å². The summed E-state index contributed by atoms with van der Waals surface area (Å²) in [4.78, 5) is 14.3. The third-order valence-corrected chi connectivity index (χ3v) is 3.63. The van der Waals surface area contributed by atoms with Gasteiger partial charge in [0, 0.05) is 31.3 Å². The molecule has 0 aromatic carbocycles. The van der Waals surface area contributed by atoms with Gasteiger partial charge in [-0.3, -0.25) is 10.2 Å². The van der Waals surface area contributed by atoms with Crippen molar-refractivity contribution in [1.29, 1.82) is 0 Å². The topological polar surface area (TPSA) is 50.8 Å². The summed E-state index contributed by atoms with van der Waals surface area (Å²) in [6.07, 6.45) is 0.336. The van der Waals surface area contributed by atoms with Crippen molar-refractivity contribution in [2.45, 2.75) is 51.6 Å². The summed E-state index contributed by atoms with van der Waals surface area (Å²) in [6.45, 7) is 9.14. The van der Waals surface area contributed by atoms with Crippen LogP contribution >= 0.6 is 23.2 Å². The van der Waals surface area contributed by atoms with Crippen LogP contribution in [-0.4, -0.2) is 59.8 Å². The van der Waals surface area contributed by atoms with Crippen molar-refractivity contribution in [3.8, 4) is 0 Å². The van der Waals surface area contributed by atoms with Gasteiger partial charge in [-0.2, -0.15) is 0 Å². The number of halogens is 2. The summed E-state index contributed by atoms with van der Waals surface area (Å²) >= 11 is 11.7. The van der Waals surface area contributed by atoms with E-state index in [-0.39, 0.29) is 17.8 Å². The highest BCUT2D eigenvalue weighted by atomic mass is 35.5. The van der Waals surface area contributed by atoms with Gasteiger partial charge < -0.3 is 9.47 Å². The predicted octanol–water partition coefficient (Wildman–Crippen LogP) is 2.16. The van der Waals surface area contributed by atoms with Gasteiger partial charge in [0.25, 0.3) is 0 Å². The maximum absolute atomic E-state index is 12.4. The number of carbonyl (C=O) groups is 1. The van der Waals surface area contributed by atoms with Crippen molar-refractivity contribution < 1.29 is 14.3 Å². The third-order valence-electron chi connectivity index (χ3n) is 3.29. The fourth-order valence-corrected chi connectivity index (χ4v) is 2.75. The molecule has 0 radical (unpaired) electrons. The van der Waals surface area contributed by atoms with E-state index in [0.717, 1.165) is 0 Å². The average molecular weight is 341 g/mol. The van der Waals surface area contributed by atoms with E-state index in [1.54, 1.807) is 6.92 Å². The Morgan fingerprint density at radius 3 is 2.43 bits per heavy atom. The number of hydrogen-bond donors (Lipinski definition) is 1. The lowest BCUT2D eigenvalue weighted by molar-refractivity contribution is -0.160. The molecule has 1 heterocycles. The summed E-state index contributed by atoms with van der Waals surface area (Å²) in [5, 5.41) is 3.28. The molecule has 1 aliphatic rings. The van der Waals surface area contributed by atoms with Crippen LogP contribution in [0.3, 0.4) is 0 Å². The van der Waals surface area contributed by atoms with Crippen LogP contribution in [0.4, 0.5) is 0 Å². The smallest absolute Gasteiger partial charge is 0.341 e. The largest absolute Gasteiger partial charge is 0.463 e. The summed E-state index contributed by atoms with van der Waals surface area (Å²) < 4.78 is 11.3. The van der Waals surface area contributed by atoms with E-state index in [1.165, 1.54) is 0 Å². The maximum atomic E-state index is 12.4. The molecule has 1 rings (SSSR count). The highest BCUT2D eigenvalue weighted by Gasteiger charge is 2.44. The molecule has 0 amide bonds. The van der Waals surface area contributed by atoms with Crippen LogP contribution < -0.4 is 5.32 Å². The molecule has 2 atom stereocenters. The van der Waals surface area contributed by atoms with Gasteiger partial charge in [-0.25, -0.2) is 4.79 Å². The van der Waals surface area contributed by atoms with Crippen molar-refractivity contribution in [3.05, 3.63) is 0 Å². The van der Waals surface area contributed by atoms with Crippen molar-refractivity contribution >= 4 is 29.2 Å². The zero-order valence-corrected chi connectivity index (χ0v) is 14.8. The number of rotatable bonds is 6. The Kier molecular flexibility index (Phi) is 7.20. The van der Waals surface area contributed by atoms with Gasteiger partial charge in [0.05, 0.1) is 12.2 Å². The SMILES string of the molecule is CC(C)(C)OC1CCOC(=O)C(C)(N(CCCl)CCCl)N1. The van der Waals surface area contributed by atoms with Crippen LogP contribution in [0, 0.1) is 0 Å². The number of alkyl halides is 2. The summed E-state index contributed by atoms with van der Waals surface area (Å²) in [5.74, 6) is 0.496. The third kappa shape index (κ3) is 5.57. The van der Waals surface area contributed by atoms with Gasteiger partial charge in [-0.15, -0.1) is 23.2 Å². The molecule has 5 nitrogen and oxygen atoms in total. The molecular formula is C14H26Cl2N2O3. The Hall–Kier alpha value is -0.0700. The summed E-state index contributed by atoms with van der Waals surface area (Å²) in [5.41, 5.74) is -1.30. The monoisotopic (exact) mass is 340 g/mol. The number of cyclic esters (lactones) is 1. The molecule has 7 heteroatoms. The van der Waals surface area contributed by atoms with Gasteiger partial charge >= 0.3 is 5.97 Å². The van der Waals surface area contributed by atoms with Crippen LogP contribution in [0.25, 0.3) is 0 Å². The lowest BCUT2D eigenvalue weighted by atomic mass is 10.1. The highest BCUT2D eigenvalue weighted by molar-refractivity contribution is 6.18. The van der Waals surface area contributed by atoms with Crippen molar-refractivity contribution in [2.24, 2.45) is 0 Å². The van der Waals surface area contributed by atoms with Gasteiger partial charge in [0.15, 0.2) is 5.66 Å². The predicted molar refractivity (Wildman–Crippen MR) is 84.8 cm³/mol. The lowest BCUT2D eigenvalue weighted by Gasteiger charge is -2.40. The zero-order chi connectivity index (χ0) is 16.1. The van der Waals surface area contributed by atoms with E-state index >= 15 is 0 Å². The van der Waals surface area contributed by atoms with Crippen molar-refractivity contribution in [2.75, 3.05) is 31.5 Å². The molecule has 124 valence electrons. The van der Waals surface area contributed by atoms with Crippen molar-refractivity contribution in [3.63, 3.8) is 0 Å². The first-order valence-corrected chi connectivity index (χ1v) is 8.29. The molecule has 0 aromatic rings. The fourth-order valence-electron chi connectivity index (χ4n) is 2.34. The van der Waals surface area contributed by atoms with Crippen LogP contribution in [0.5, 0.6) is 0 Å². The number of nitrogens with one attached hydrogen (secondary N) is 1. The first-order valence-electron chi connectivity index (χ1n) is 7.22. The molecule has 2 unspecified atom stereocenters. The molecule has 0 spiro atoms. The van der Waals surface area contributed by atoms with Crippen LogP contribution in [0.15, 0.2) is 0 Å². The number of hydrogen-bond acceptors (Lipinski definition) is 5. The minimum atomic E-state index is -0.990. The molecule has 0 aliphatic carbocycles. The molecular weight excluding hydrogens is 315 g/mol. The Labute approximate surface area is 137 Å². The number of ether oxygens (including phenoxy) is 2. The fraction of sp³-hybridized carbons (Fsp3) is 0.929. The lowest BCUT2D eigenvalue weighted by Crippen LogP contribution is -2.65.